The average Bonchev–Trinajstić information content (AvgIpc) is 3.06. The van der Waals surface area contributed by atoms with Crippen LogP contribution in [0.25, 0.3) is 10.2 Å². The first-order valence-electron chi connectivity index (χ1n) is 6.58. The Morgan fingerprint density at radius 1 is 1.45 bits per heavy atom. The van der Waals surface area contributed by atoms with Gasteiger partial charge >= 0.3 is 0 Å². The first kappa shape index (κ1) is 13.2. The van der Waals surface area contributed by atoms with Crippen LogP contribution in [0.5, 0.6) is 0 Å². The van der Waals surface area contributed by atoms with Crippen molar-refractivity contribution < 1.29 is 4.52 Å². The van der Waals surface area contributed by atoms with E-state index in [-0.39, 0.29) is 6.04 Å². The molecule has 1 N–H and O–H groups in total. The molecule has 20 heavy (non-hydrogen) atoms. The molecule has 0 radical (unpaired) electrons. The van der Waals surface area contributed by atoms with Gasteiger partial charge in [-0.1, -0.05) is 5.16 Å². The van der Waals surface area contributed by atoms with Crippen molar-refractivity contribution in [3.05, 3.63) is 41.0 Å². The lowest BCUT2D eigenvalue weighted by Crippen LogP contribution is -2.21. The zero-order chi connectivity index (χ0) is 13.9. The summed E-state index contributed by atoms with van der Waals surface area (Å²) >= 11 is 1.72. The monoisotopic (exact) mass is 288 g/mol. The molecule has 6 heteroatoms. The van der Waals surface area contributed by atoms with Crippen molar-refractivity contribution in [2.45, 2.75) is 26.3 Å². The van der Waals surface area contributed by atoms with Crippen molar-refractivity contribution in [1.29, 1.82) is 0 Å². The SMILES string of the molecule is Cc1nc(CCNC(C)c2cnc3ccsc3c2)no1. The maximum atomic E-state index is 4.95. The van der Waals surface area contributed by atoms with E-state index in [1.165, 1.54) is 10.3 Å². The number of rotatable bonds is 5. The summed E-state index contributed by atoms with van der Waals surface area (Å²) in [7, 11) is 0. The summed E-state index contributed by atoms with van der Waals surface area (Å²) < 4.78 is 6.18. The Kier molecular flexibility index (Phi) is 3.75. The second-order valence-electron chi connectivity index (χ2n) is 4.73. The van der Waals surface area contributed by atoms with E-state index in [0.717, 1.165) is 24.3 Å². The summed E-state index contributed by atoms with van der Waals surface area (Å²) in [6.07, 6.45) is 2.70. The molecule has 3 aromatic rings. The van der Waals surface area contributed by atoms with Crippen molar-refractivity contribution in [3.63, 3.8) is 0 Å². The Balaban J connectivity index is 1.59. The quantitative estimate of drug-likeness (QED) is 0.782. The maximum absolute atomic E-state index is 4.95. The van der Waals surface area contributed by atoms with Gasteiger partial charge in [-0.2, -0.15) is 4.98 Å². The van der Waals surface area contributed by atoms with Gasteiger partial charge in [0.1, 0.15) is 0 Å². The third-order valence-corrected chi connectivity index (χ3v) is 4.05. The fraction of sp³-hybridized carbons (Fsp3) is 0.357. The highest BCUT2D eigenvalue weighted by Gasteiger charge is 2.08. The Hall–Kier alpha value is -1.79. The molecule has 0 aliphatic heterocycles. The van der Waals surface area contributed by atoms with Crippen molar-refractivity contribution in [1.82, 2.24) is 20.4 Å². The van der Waals surface area contributed by atoms with E-state index in [1.807, 2.05) is 12.3 Å². The number of nitrogens with zero attached hydrogens (tertiary/aromatic N) is 3. The molecule has 104 valence electrons. The molecule has 3 aromatic heterocycles. The Labute approximate surface area is 121 Å². The molecule has 0 aliphatic carbocycles. The Morgan fingerprint density at radius 2 is 2.35 bits per heavy atom. The molecule has 0 amide bonds. The molecule has 0 aromatic carbocycles. The molecular formula is C14H16N4OS. The number of pyridine rings is 1. The smallest absolute Gasteiger partial charge is 0.223 e. The predicted octanol–water partition coefficient (Wildman–Crippen LogP) is 2.88. The van der Waals surface area contributed by atoms with E-state index in [9.17, 15) is 0 Å². The van der Waals surface area contributed by atoms with E-state index >= 15 is 0 Å². The van der Waals surface area contributed by atoms with Crippen LogP contribution < -0.4 is 5.32 Å². The van der Waals surface area contributed by atoms with Gasteiger partial charge < -0.3 is 9.84 Å². The van der Waals surface area contributed by atoms with Crippen LogP contribution in [0.15, 0.2) is 28.2 Å². The summed E-state index contributed by atoms with van der Waals surface area (Å²) in [5.74, 6) is 1.36. The van der Waals surface area contributed by atoms with Crippen LogP contribution in [0.3, 0.4) is 0 Å². The molecule has 0 aliphatic rings. The van der Waals surface area contributed by atoms with Crippen LogP contribution in [-0.4, -0.2) is 21.7 Å². The first-order chi connectivity index (χ1) is 9.72. The van der Waals surface area contributed by atoms with Gasteiger partial charge in [-0.3, -0.25) is 4.98 Å². The van der Waals surface area contributed by atoms with Gasteiger partial charge in [0.15, 0.2) is 5.82 Å². The summed E-state index contributed by atoms with van der Waals surface area (Å²) in [6, 6.07) is 4.49. The van der Waals surface area contributed by atoms with Crippen molar-refractivity contribution >= 4 is 21.6 Å². The number of aryl methyl sites for hydroxylation is 1. The van der Waals surface area contributed by atoms with Crippen LogP contribution in [-0.2, 0) is 6.42 Å². The van der Waals surface area contributed by atoms with Gasteiger partial charge in [0, 0.05) is 32.1 Å². The van der Waals surface area contributed by atoms with Crippen LogP contribution in [0.4, 0.5) is 0 Å². The maximum Gasteiger partial charge on any atom is 0.223 e. The van der Waals surface area contributed by atoms with Gasteiger partial charge in [-0.15, -0.1) is 11.3 Å². The largest absolute Gasteiger partial charge is 0.340 e. The highest BCUT2D eigenvalue weighted by Crippen LogP contribution is 2.22. The second kappa shape index (κ2) is 5.68. The number of thiophene rings is 1. The van der Waals surface area contributed by atoms with E-state index in [2.05, 4.69) is 38.8 Å². The Morgan fingerprint density at radius 3 is 3.15 bits per heavy atom. The lowest BCUT2D eigenvalue weighted by Gasteiger charge is -2.13. The van der Waals surface area contributed by atoms with Gasteiger partial charge in [-0.25, -0.2) is 0 Å². The minimum atomic E-state index is 0.252. The van der Waals surface area contributed by atoms with Gasteiger partial charge in [-0.05, 0) is 30.0 Å². The van der Waals surface area contributed by atoms with Gasteiger partial charge in [0.2, 0.25) is 5.89 Å². The first-order valence-corrected chi connectivity index (χ1v) is 7.46. The summed E-state index contributed by atoms with van der Waals surface area (Å²) in [5, 5.41) is 9.41. The third kappa shape index (κ3) is 2.86. The number of nitrogens with one attached hydrogen (secondary N) is 1. The fourth-order valence-corrected chi connectivity index (χ4v) is 2.85. The summed E-state index contributed by atoms with van der Waals surface area (Å²) in [5.41, 5.74) is 2.26. The molecule has 0 bridgehead atoms. The Bertz CT molecular complexity index is 706. The minimum absolute atomic E-state index is 0.252. The van der Waals surface area contributed by atoms with E-state index in [4.69, 9.17) is 4.52 Å². The van der Waals surface area contributed by atoms with E-state index in [0.29, 0.717) is 5.89 Å². The van der Waals surface area contributed by atoms with Gasteiger partial charge in [0.25, 0.3) is 0 Å². The van der Waals surface area contributed by atoms with Crippen molar-refractivity contribution in [2.75, 3.05) is 6.54 Å². The summed E-state index contributed by atoms with van der Waals surface area (Å²) in [4.78, 5) is 8.65. The molecule has 0 fully saturated rings. The van der Waals surface area contributed by atoms with Crippen LogP contribution >= 0.6 is 11.3 Å². The standard InChI is InChI=1S/C14H16N4OS/c1-9(15-5-3-14-17-10(2)19-18-14)11-7-13-12(16-8-11)4-6-20-13/h4,6-9,15H,3,5H2,1-2H3. The molecule has 0 saturated carbocycles. The van der Waals surface area contributed by atoms with Gasteiger partial charge in [0.05, 0.1) is 10.2 Å². The number of hydrogen-bond donors (Lipinski definition) is 1. The normalized spacial score (nSPS) is 12.9. The van der Waals surface area contributed by atoms with Crippen LogP contribution in [0, 0.1) is 6.92 Å². The lowest BCUT2D eigenvalue weighted by molar-refractivity contribution is 0.386. The average molecular weight is 288 g/mol. The lowest BCUT2D eigenvalue weighted by atomic mass is 10.1. The van der Waals surface area contributed by atoms with Crippen LogP contribution in [0.1, 0.15) is 30.2 Å². The highest BCUT2D eigenvalue weighted by atomic mass is 32.1. The number of aromatic nitrogens is 3. The number of fused-ring (bicyclic) bond motifs is 1. The topological polar surface area (TPSA) is 63.8 Å². The molecule has 1 atom stereocenters. The zero-order valence-corrected chi connectivity index (χ0v) is 12.3. The second-order valence-corrected chi connectivity index (χ2v) is 5.68. The van der Waals surface area contributed by atoms with Crippen LogP contribution in [0.2, 0.25) is 0 Å². The molecule has 0 saturated heterocycles. The molecular weight excluding hydrogens is 272 g/mol. The molecule has 0 spiro atoms. The zero-order valence-electron chi connectivity index (χ0n) is 11.5. The summed E-state index contributed by atoms with van der Waals surface area (Å²) in [6.45, 7) is 4.75. The predicted molar refractivity (Wildman–Crippen MR) is 78.8 cm³/mol. The number of hydrogen-bond acceptors (Lipinski definition) is 6. The van der Waals surface area contributed by atoms with Crippen molar-refractivity contribution in [2.24, 2.45) is 0 Å². The highest BCUT2D eigenvalue weighted by molar-refractivity contribution is 7.17. The molecule has 5 nitrogen and oxygen atoms in total. The molecule has 3 rings (SSSR count). The minimum Gasteiger partial charge on any atom is -0.340 e. The molecule has 3 heterocycles. The fourth-order valence-electron chi connectivity index (χ4n) is 2.06. The van der Waals surface area contributed by atoms with E-state index < -0.39 is 0 Å². The third-order valence-electron chi connectivity index (χ3n) is 3.19. The molecule has 1 unspecified atom stereocenters. The van der Waals surface area contributed by atoms with Crippen molar-refractivity contribution in [3.8, 4) is 0 Å². The van der Waals surface area contributed by atoms with E-state index in [1.54, 1.807) is 18.3 Å².